The van der Waals surface area contributed by atoms with Gasteiger partial charge in [0.05, 0.1) is 19.3 Å². The van der Waals surface area contributed by atoms with E-state index in [1.165, 1.54) is 12.1 Å². The number of rotatable bonds is 6. The van der Waals surface area contributed by atoms with E-state index < -0.39 is 0 Å². The molecule has 2 aromatic rings. The van der Waals surface area contributed by atoms with Crippen LogP contribution >= 0.6 is 0 Å². The SMILES string of the molecule is CN(CCC1OCCO1)C(c1ccc(F)cc1)c1cccnc1. The molecule has 5 heteroatoms. The molecule has 0 saturated carbocycles. The first-order chi connectivity index (χ1) is 11.2. The number of pyridine rings is 1. The summed E-state index contributed by atoms with van der Waals surface area (Å²) < 4.78 is 24.2. The molecule has 0 radical (unpaired) electrons. The maximum Gasteiger partial charge on any atom is 0.159 e. The first-order valence-corrected chi connectivity index (χ1v) is 7.83. The van der Waals surface area contributed by atoms with E-state index in [0.29, 0.717) is 13.2 Å². The van der Waals surface area contributed by atoms with Gasteiger partial charge in [-0.3, -0.25) is 9.88 Å². The first kappa shape index (κ1) is 16.1. The van der Waals surface area contributed by atoms with Gasteiger partial charge >= 0.3 is 0 Å². The van der Waals surface area contributed by atoms with Gasteiger partial charge in [0, 0.05) is 25.4 Å². The molecule has 1 saturated heterocycles. The molecule has 1 aromatic heterocycles. The topological polar surface area (TPSA) is 34.6 Å². The van der Waals surface area contributed by atoms with E-state index in [4.69, 9.17) is 9.47 Å². The summed E-state index contributed by atoms with van der Waals surface area (Å²) in [6.07, 6.45) is 4.28. The second-order valence-electron chi connectivity index (χ2n) is 5.68. The largest absolute Gasteiger partial charge is 0.350 e. The predicted molar refractivity (Wildman–Crippen MR) is 85.4 cm³/mol. The molecule has 0 spiro atoms. The van der Waals surface area contributed by atoms with Crippen molar-refractivity contribution in [1.82, 2.24) is 9.88 Å². The number of ether oxygens (including phenoxy) is 2. The van der Waals surface area contributed by atoms with E-state index in [-0.39, 0.29) is 18.1 Å². The van der Waals surface area contributed by atoms with E-state index in [0.717, 1.165) is 24.1 Å². The highest BCUT2D eigenvalue weighted by Crippen LogP contribution is 2.27. The highest BCUT2D eigenvalue weighted by molar-refractivity contribution is 5.30. The van der Waals surface area contributed by atoms with Crippen LogP contribution in [0.25, 0.3) is 0 Å². The summed E-state index contributed by atoms with van der Waals surface area (Å²) in [7, 11) is 2.05. The summed E-state index contributed by atoms with van der Waals surface area (Å²) in [4.78, 5) is 6.44. The van der Waals surface area contributed by atoms with Gasteiger partial charge in [-0.25, -0.2) is 4.39 Å². The lowest BCUT2D eigenvalue weighted by molar-refractivity contribution is -0.0515. The minimum absolute atomic E-state index is 0.0192. The van der Waals surface area contributed by atoms with Gasteiger partial charge in [0.15, 0.2) is 6.29 Å². The van der Waals surface area contributed by atoms with Gasteiger partial charge in [0.1, 0.15) is 5.82 Å². The highest BCUT2D eigenvalue weighted by atomic mass is 19.1. The Hall–Kier alpha value is -1.82. The molecule has 0 aliphatic carbocycles. The lowest BCUT2D eigenvalue weighted by atomic mass is 9.98. The highest BCUT2D eigenvalue weighted by Gasteiger charge is 2.22. The lowest BCUT2D eigenvalue weighted by Crippen LogP contribution is -2.29. The van der Waals surface area contributed by atoms with Crippen molar-refractivity contribution in [2.75, 3.05) is 26.8 Å². The molecular formula is C18H21FN2O2. The van der Waals surface area contributed by atoms with Crippen LogP contribution in [0, 0.1) is 5.82 Å². The monoisotopic (exact) mass is 316 g/mol. The molecule has 122 valence electrons. The molecule has 2 heterocycles. The van der Waals surface area contributed by atoms with Crippen molar-refractivity contribution in [2.45, 2.75) is 18.8 Å². The summed E-state index contributed by atoms with van der Waals surface area (Å²) in [6, 6.07) is 10.6. The number of nitrogens with zero attached hydrogens (tertiary/aromatic N) is 2. The zero-order valence-electron chi connectivity index (χ0n) is 13.2. The maximum atomic E-state index is 13.2. The van der Waals surface area contributed by atoms with Crippen LogP contribution in [0.15, 0.2) is 48.8 Å². The Morgan fingerprint density at radius 2 is 1.91 bits per heavy atom. The Morgan fingerprint density at radius 3 is 2.57 bits per heavy atom. The molecule has 0 N–H and O–H groups in total. The summed E-state index contributed by atoms with van der Waals surface area (Å²) in [5, 5.41) is 0. The van der Waals surface area contributed by atoms with Gasteiger partial charge < -0.3 is 9.47 Å². The zero-order valence-corrected chi connectivity index (χ0v) is 13.2. The van der Waals surface area contributed by atoms with Crippen molar-refractivity contribution < 1.29 is 13.9 Å². The summed E-state index contributed by atoms with van der Waals surface area (Å²) in [5.74, 6) is -0.228. The molecule has 4 nitrogen and oxygen atoms in total. The van der Waals surface area contributed by atoms with E-state index in [1.807, 2.05) is 30.5 Å². The van der Waals surface area contributed by atoms with Crippen LogP contribution in [-0.2, 0) is 9.47 Å². The van der Waals surface area contributed by atoms with Crippen LogP contribution in [-0.4, -0.2) is 43.0 Å². The Labute approximate surface area is 135 Å². The number of hydrogen-bond donors (Lipinski definition) is 0. The normalized spacial score (nSPS) is 16.8. The molecule has 23 heavy (non-hydrogen) atoms. The van der Waals surface area contributed by atoms with E-state index in [2.05, 4.69) is 16.9 Å². The van der Waals surface area contributed by atoms with Crippen LogP contribution in [0.2, 0.25) is 0 Å². The van der Waals surface area contributed by atoms with Crippen molar-refractivity contribution in [1.29, 1.82) is 0 Å². The number of aromatic nitrogens is 1. The van der Waals surface area contributed by atoms with Gasteiger partial charge in [0.25, 0.3) is 0 Å². The maximum absolute atomic E-state index is 13.2. The van der Waals surface area contributed by atoms with Crippen LogP contribution in [0.3, 0.4) is 0 Å². The molecular weight excluding hydrogens is 295 g/mol. The van der Waals surface area contributed by atoms with Crippen molar-refractivity contribution >= 4 is 0 Å². The number of halogens is 1. The fourth-order valence-electron chi connectivity index (χ4n) is 2.90. The predicted octanol–water partition coefficient (Wildman–Crippen LogP) is 3.00. The molecule has 3 rings (SSSR count). The smallest absolute Gasteiger partial charge is 0.159 e. The first-order valence-electron chi connectivity index (χ1n) is 7.83. The van der Waals surface area contributed by atoms with E-state index in [9.17, 15) is 4.39 Å². The van der Waals surface area contributed by atoms with Gasteiger partial charge in [-0.2, -0.15) is 0 Å². The Kier molecular flexibility index (Phi) is 5.33. The minimum Gasteiger partial charge on any atom is -0.350 e. The third-order valence-corrected chi connectivity index (χ3v) is 4.03. The summed E-state index contributed by atoms with van der Waals surface area (Å²) >= 11 is 0. The molecule has 1 fully saturated rings. The Bertz CT molecular complexity index is 600. The second kappa shape index (κ2) is 7.64. The Morgan fingerprint density at radius 1 is 1.17 bits per heavy atom. The van der Waals surface area contributed by atoms with Crippen molar-refractivity contribution in [3.05, 3.63) is 65.7 Å². The van der Waals surface area contributed by atoms with Crippen LogP contribution in [0.1, 0.15) is 23.6 Å². The Balaban J connectivity index is 1.78. The van der Waals surface area contributed by atoms with Crippen molar-refractivity contribution in [2.24, 2.45) is 0 Å². The number of hydrogen-bond acceptors (Lipinski definition) is 4. The second-order valence-corrected chi connectivity index (χ2v) is 5.68. The third kappa shape index (κ3) is 4.13. The van der Waals surface area contributed by atoms with Gasteiger partial charge in [-0.05, 0) is 36.4 Å². The fraction of sp³-hybridized carbons (Fsp3) is 0.389. The van der Waals surface area contributed by atoms with E-state index >= 15 is 0 Å². The standard InChI is InChI=1S/C18H21FN2O2/c1-21(10-8-17-22-11-12-23-17)18(15-3-2-9-20-13-15)14-4-6-16(19)7-5-14/h2-7,9,13,17-18H,8,10-12H2,1H3. The average molecular weight is 316 g/mol. The van der Waals surface area contributed by atoms with E-state index in [1.54, 1.807) is 6.20 Å². The lowest BCUT2D eigenvalue weighted by Gasteiger charge is -2.29. The van der Waals surface area contributed by atoms with Gasteiger partial charge in [-0.15, -0.1) is 0 Å². The quantitative estimate of drug-likeness (QED) is 0.820. The van der Waals surface area contributed by atoms with Gasteiger partial charge in [0.2, 0.25) is 0 Å². The number of benzene rings is 1. The summed E-state index contributed by atoms with van der Waals surface area (Å²) in [5.41, 5.74) is 2.12. The van der Waals surface area contributed by atoms with Crippen molar-refractivity contribution in [3.8, 4) is 0 Å². The van der Waals surface area contributed by atoms with Crippen LogP contribution in [0.5, 0.6) is 0 Å². The molecule has 1 atom stereocenters. The van der Waals surface area contributed by atoms with Crippen LogP contribution in [0.4, 0.5) is 4.39 Å². The molecule has 1 unspecified atom stereocenters. The average Bonchev–Trinajstić information content (AvgIpc) is 3.09. The molecule has 1 aliphatic rings. The molecule has 0 bridgehead atoms. The van der Waals surface area contributed by atoms with Crippen molar-refractivity contribution in [3.63, 3.8) is 0 Å². The third-order valence-electron chi connectivity index (χ3n) is 4.03. The minimum atomic E-state index is -0.228. The molecule has 1 aliphatic heterocycles. The molecule has 1 aromatic carbocycles. The fourth-order valence-corrected chi connectivity index (χ4v) is 2.90. The van der Waals surface area contributed by atoms with Gasteiger partial charge in [-0.1, -0.05) is 18.2 Å². The summed E-state index contributed by atoms with van der Waals surface area (Å²) in [6.45, 7) is 2.14. The zero-order chi connectivity index (χ0) is 16.1. The molecule has 0 amide bonds. The van der Waals surface area contributed by atoms with Crippen LogP contribution < -0.4 is 0 Å².